The van der Waals surface area contributed by atoms with Gasteiger partial charge in [-0.15, -0.1) is 5.92 Å². The summed E-state index contributed by atoms with van der Waals surface area (Å²) in [7, 11) is 2.07. The average molecular weight is 403 g/mol. The Morgan fingerprint density at radius 1 is 0.833 bits per heavy atom. The van der Waals surface area contributed by atoms with Crippen molar-refractivity contribution >= 4 is 17.5 Å². The quantitative estimate of drug-likeness (QED) is 0.474. The normalized spacial score (nSPS) is 11.8. The number of fused-ring (bicyclic) bond motifs is 1. The Bertz CT molecular complexity index is 813. The molecule has 30 heavy (non-hydrogen) atoms. The van der Waals surface area contributed by atoms with Crippen LogP contribution in [0.3, 0.4) is 0 Å². The van der Waals surface area contributed by atoms with Crippen molar-refractivity contribution < 1.29 is 32.8 Å². The van der Waals surface area contributed by atoms with E-state index in [0.29, 0.717) is 6.54 Å². The van der Waals surface area contributed by atoms with Gasteiger partial charge in [-0.25, -0.2) is 5.82 Å². The predicted molar refractivity (Wildman–Crippen MR) is 122 cm³/mol. The summed E-state index contributed by atoms with van der Waals surface area (Å²) < 4.78 is 18.1. The second kappa shape index (κ2) is 12.6. The van der Waals surface area contributed by atoms with E-state index in [0.717, 1.165) is 6.54 Å². The number of hydrogen-bond donors (Lipinski definition) is 0. The topological polar surface area (TPSA) is 30.9 Å². The molecule has 0 aliphatic heterocycles. The first-order chi connectivity index (χ1) is 13.7. The fourth-order valence-corrected chi connectivity index (χ4v) is 3.36. The van der Waals surface area contributed by atoms with E-state index in [1.807, 2.05) is 41.5 Å². The molecule has 0 heterocycles. The first-order valence-electron chi connectivity index (χ1n) is 10.5. The zero-order chi connectivity index (χ0) is 21.4. The maximum absolute atomic E-state index is 6.04. The van der Waals surface area contributed by atoms with Gasteiger partial charge in [0.15, 0.2) is 0 Å². The third kappa shape index (κ3) is 8.48. The van der Waals surface area contributed by atoms with Crippen LogP contribution in [0.15, 0.2) is 42.5 Å². The van der Waals surface area contributed by atoms with E-state index in [9.17, 15) is 0 Å². The molecular weight excluding hydrogens is 368 g/mol. The first kappa shape index (κ1) is 26.8. The van der Waals surface area contributed by atoms with Crippen molar-refractivity contribution in [3.63, 3.8) is 0 Å². The molecule has 4 nitrogen and oxygen atoms in total. The molecule has 0 saturated heterocycles. The van der Waals surface area contributed by atoms with Crippen LogP contribution in [-0.2, 0) is 20.5 Å². The minimum Gasteiger partial charge on any atom is -0.532 e. The van der Waals surface area contributed by atoms with Crippen molar-refractivity contribution in [2.24, 2.45) is 0 Å². The molecule has 0 atom stereocenters. The molecule has 0 amide bonds. The summed E-state index contributed by atoms with van der Waals surface area (Å²) in [4.78, 5) is 2.19. The van der Waals surface area contributed by atoms with Crippen molar-refractivity contribution in [3.05, 3.63) is 48.0 Å². The van der Waals surface area contributed by atoms with Crippen LogP contribution < -0.4 is 18.9 Å². The molecule has 2 aromatic carbocycles. The van der Waals surface area contributed by atoms with E-state index in [-0.39, 0.29) is 37.2 Å². The molecule has 0 radical (unpaired) electrons. The predicted octanol–water partition coefficient (Wildman–Crippen LogP) is 2.03. The SMILES string of the molecule is CC(C)O[B-](C#CCN(C)Cc1cccc2ccccc12)(OC(C)C)OC(C)C.[Li+]. The monoisotopic (exact) mass is 403 g/mol. The molecule has 2 aromatic rings. The molecule has 0 saturated carbocycles. The molecule has 0 aliphatic rings. The fraction of sp³-hybridized carbons (Fsp3) is 0.500. The largest absolute Gasteiger partial charge is 1.00 e. The molecule has 0 aromatic heterocycles. The molecule has 0 unspecified atom stereocenters. The molecule has 6 heteroatoms. The summed E-state index contributed by atoms with van der Waals surface area (Å²) in [6, 6.07) is 14.9. The zero-order valence-corrected chi connectivity index (χ0v) is 19.9. The molecule has 0 aliphatic carbocycles. The van der Waals surface area contributed by atoms with Gasteiger partial charge in [0, 0.05) is 24.9 Å². The maximum atomic E-state index is 6.04. The van der Waals surface area contributed by atoms with Crippen LogP contribution in [0, 0.1) is 11.7 Å². The smallest absolute Gasteiger partial charge is 0.532 e. The van der Waals surface area contributed by atoms with E-state index in [4.69, 9.17) is 14.0 Å². The van der Waals surface area contributed by atoms with Crippen molar-refractivity contribution in [1.29, 1.82) is 0 Å². The third-order valence-electron chi connectivity index (χ3n) is 4.30. The number of benzene rings is 2. The van der Waals surface area contributed by atoms with Gasteiger partial charge < -0.3 is 14.0 Å². The van der Waals surface area contributed by atoms with Gasteiger partial charge in [0.05, 0.1) is 6.54 Å². The van der Waals surface area contributed by atoms with E-state index < -0.39 is 6.75 Å². The van der Waals surface area contributed by atoms with Crippen LogP contribution >= 0.6 is 0 Å². The van der Waals surface area contributed by atoms with Crippen LogP contribution in [0.5, 0.6) is 0 Å². The Kier molecular flexibility index (Phi) is 11.2. The van der Waals surface area contributed by atoms with Crippen LogP contribution in [-0.4, -0.2) is 43.6 Å². The minimum atomic E-state index is -2.13. The Labute approximate surface area is 194 Å². The Balaban J connectivity index is 0.00000450. The molecule has 0 N–H and O–H groups in total. The van der Waals surface area contributed by atoms with E-state index in [1.165, 1.54) is 16.3 Å². The first-order valence-corrected chi connectivity index (χ1v) is 10.5. The third-order valence-corrected chi connectivity index (χ3v) is 4.30. The molecule has 0 bridgehead atoms. The van der Waals surface area contributed by atoms with Gasteiger partial charge in [0.2, 0.25) is 0 Å². The Hall–Kier alpha value is -1.24. The summed E-state index contributed by atoms with van der Waals surface area (Å²) in [6.07, 6.45) is -0.138. The van der Waals surface area contributed by atoms with Crippen LogP contribution in [0.4, 0.5) is 0 Å². The second-order valence-corrected chi connectivity index (χ2v) is 8.33. The molecular formula is C24H35BLiNO3. The van der Waals surface area contributed by atoms with Crippen LogP contribution in [0.1, 0.15) is 47.1 Å². The second-order valence-electron chi connectivity index (χ2n) is 8.33. The maximum Gasteiger partial charge on any atom is 1.00 e. The van der Waals surface area contributed by atoms with Crippen LogP contribution in [0.25, 0.3) is 10.8 Å². The zero-order valence-electron chi connectivity index (χ0n) is 19.9. The molecule has 2 rings (SSSR count). The number of hydrogen-bond acceptors (Lipinski definition) is 4. The van der Waals surface area contributed by atoms with E-state index in [1.54, 1.807) is 0 Å². The van der Waals surface area contributed by atoms with Gasteiger partial charge >= 0.3 is 25.6 Å². The summed E-state index contributed by atoms with van der Waals surface area (Å²) in [5.74, 6) is 6.42. The van der Waals surface area contributed by atoms with Gasteiger partial charge in [-0.1, -0.05) is 42.5 Å². The van der Waals surface area contributed by atoms with Crippen molar-refractivity contribution in [2.75, 3.05) is 13.6 Å². The Morgan fingerprint density at radius 3 is 1.93 bits per heavy atom. The fourth-order valence-electron chi connectivity index (χ4n) is 3.36. The Morgan fingerprint density at radius 2 is 1.37 bits per heavy atom. The van der Waals surface area contributed by atoms with Gasteiger partial charge in [-0.3, -0.25) is 4.90 Å². The standard InChI is InChI=1S/C24H35BNO3.Li/c1-19(2)27-25(28-20(3)4,29-21(5)6)16-11-17-26(7)18-23-14-10-13-22-12-8-9-15-24(22)23;/h8-10,12-15,19-21H,17-18H2,1-7H3;/q-1;+1. The van der Waals surface area contributed by atoms with Gasteiger partial charge in [-0.2, -0.15) is 0 Å². The van der Waals surface area contributed by atoms with Crippen LogP contribution in [0.2, 0.25) is 0 Å². The van der Waals surface area contributed by atoms with Crippen molar-refractivity contribution in [2.45, 2.75) is 66.4 Å². The molecule has 158 valence electrons. The van der Waals surface area contributed by atoms with Crippen molar-refractivity contribution in [3.8, 4) is 11.7 Å². The van der Waals surface area contributed by atoms with Gasteiger partial charge in [-0.05, 0) is 64.9 Å². The summed E-state index contributed by atoms with van der Waals surface area (Å²) in [6.45, 7) is 11.1. The molecule has 0 spiro atoms. The van der Waals surface area contributed by atoms with Gasteiger partial charge in [0.1, 0.15) is 0 Å². The van der Waals surface area contributed by atoms with E-state index in [2.05, 4.69) is 66.2 Å². The number of rotatable bonds is 9. The molecule has 0 fully saturated rings. The van der Waals surface area contributed by atoms with E-state index >= 15 is 0 Å². The van der Waals surface area contributed by atoms with Crippen molar-refractivity contribution in [1.82, 2.24) is 4.90 Å². The number of nitrogens with zero attached hydrogens (tertiary/aromatic N) is 1. The summed E-state index contributed by atoms with van der Waals surface area (Å²) >= 11 is 0. The summed E-state index contributed by atoms with van der Waals surface area (Å²) in [5.41, 5.74) is 1.29. The summed E-state index contributed by atoms with van der Waals surface area (Å²) in [5, 5.41) is 2.54. The minimum absolute atomic E-state index is 0. The average Bonchev–Trinajstić information content (AvgIpc) is 2.60. The van der Waals surface area contributed by atoms with Gasteiger partial charge in [0.25, 0.3) is 0 Å².